The van der Waals surface area contributed by atoms with E-state index in [2.05, 4.69) is 4.98 Å². The molecule has 1 heterocycles. The molecule has 0 fully saturated rings. The van der Waals surface area contributed by atoms with Crippen LogP contribution in [0.2, 0.25) is 0 Å². The van der Waals surface area contributed by atoms with E-state index in [9.17, 15) is 10.1 Å². The minimum atomic E-state index is -0.387. The summed E-state index contributed by atoms with van der Waals surface area (Å²) in [6, 6.07) is 16.4. The summed E-state index contributed by atoms with van der Waals surface area (Å²) in [5.74, 6) is 0. The molecule has 0 atom stereocenters. The first-order valence-electron chi connectivity index (χ1n) is 6.62. The molecule has 3 rings (SSSR count). The van der Waals surface area contributed by atoms with Crippen LogP contribution in [0, 0.1) is 10.1 Å². The zero-order valence-corrected chi connectivity index (χ0v) is 12.7. The van der Waals surface area contributed by atoms with Crippen LogP contribution in [0.5, 0.6) is 0 Å². The van der Waals surface area contributed by atoms with E-state index in [0.29, 0.717) is 0 Å². The number of nitrogens with zero attached hydrogens (tertiary/aromatic N) is 3. The van der Waals surface area contributed by atoms with E-state index in [1.807, 2.05) is 47.2 Å². The van der Waals surface area contributed by atoms with E-state index in [1.165, 1.54) is 17.8 Å². The first kappa shape index (κ1) is 14.3. The van der Waals surface area contributed by atoms with Gasteiger partial charge in [-0.05, 0) is 18.4 Å². The lowest BCUT2D eigenvalue weighted by Crippen LogP contribution is -1.98. The summed E-state index contributed by atoms with van der Waals surface area (Å²) in [6.45, 7) is 0. The lowest BCUT2D eigenvalue weighted by atomic mass is 10.1. The third-order valence-corrected chi connectivity index (χ3v) is 3.93. The quantitative estimate of drug-likeness (QED) is 0.412. The van der Waals surface area contributed by atoms with E-state index in [4.69, 9.17) is 0 Å². The Balaban J connectivity index is 2.18. The molecule has 0 bridgehead atoms. The average molecular weight is 311 g/mol. The molecule has 0 aliphatic rings. The maximum absolute atomic E-state index is 11.0. The van der Waals surface area contributed by atoms with Crippen LogP contribution in [0.15, 0.2) is 66.0 Å². The van der Waals surface area contributed by atoms with Gasteiger partial charge in [-0.2, -0.15) is 0 Å². The first-order valence-corrected chi connectivity index (χ1v) is 7.85. The highest BCUT2D eigenvalue weighted by Crippen LogP contribution is 2.30. The fourth-order valence-corrected chi connectivity index (χ4v) is 2.83. The Labute approximate surface area is 131 Å². The third kappa shape index (κ3) is 2.60. The van der Waals surface area contributed by atoms with E-state index >= 15 is 0 Å². The second-order valence-electron chi connectivity index (χ2n) is 4.61. The summed E-state index contributed by atoms with van der Waals surface area (Å²) in [5, 5.41) is 11.8. The van der Waals surface area contributed by atoms with Crippen molar-refractivity contribution in [3.8, 4) is 16.9 Å². The van der Waals surface area contributed by atoms with Gasteiger partial charge in [0, 0.05) is 23.4 Å². The van der Waals surface area contributed by atoms with Crippen molar-refractivity contribution in [2.24, 2.45) is 0 Å². The molecular formula is C16H13N3O2S. The number of nitro benzene ring substituents is 1. The Morgan fingerprint density at radius 2 is 1.91 bits per heavy atom. The zero-order chi connectivity index (χ0) is 15.5. The van der Waals surface area contributed by atoms with Gasteiger partial charge in [-0.1, -0.05) is 42.1 Å². The maximum Gasteiger partial charge on any atom is 0.270 e. The number of imidazole rings is 1. The van der Waals surface area contributed by atoms with Crippen molar-refractivity contribution in [1.29, 1.82) is 0 Å². The molecule has 0 amide bonds. The maximum atomic E-state index is 11.0. The van der Waals surface area contributed by atoms with Crippen molar-refractivity contribution < 1.29 is 4.92 Å². The molecule has 0 saturated carbocycles. The Hall–Kier alpha value is -2.60. The fraction of sp³-hybridized carbons (Fsp3) is 0.0625. The number of non-ortho nitro benzene ring substituents is 1. The molecule has 0 N–H and O–H groups in total. The van der Waals surface area contributed by atoms with Gasteiger partial charge in [0.25, 0.3) is 5.69 Å². The minimum Gasteiger partial charge on any atom is -0.287 e. The molecule has 0 spiro atoms. The van der Waals surface area contributed by atoms with Crippen LogP contribution in [0.3, 0.4) is 0 Å². The first-order chi connectivity index (χ1) is 10.7. The van der Waals surface area contributed by atoms with E-state index in [0.717, 1.165) is 22.1 Å². The molecule has 0 aliphatic carbocycles. The van der Waals surface area contributed by atoms with Gasteiger partial charge < -0.3 is 0 Å². The van der Waals surface area contributed by atoms with Gasteiger partial charge in [0.05, 0.1) is 16.8 Å². The topological polar surface area (TPSA) is 61.0 Å². The second-order valence-corrected chi connectivity index (χ2v) is 5.38. The molecular weight excluding hydrogens is 298 g/mol. The molecule has 0 saturated heterocycles. The van der Waals surface area contributed by atoms with Gasteiger partial charge in [-0.15, -0.1) is 0 Å². The average Bonchev–Trinajstić information content (AvgIpc) is 2.99. The van der Waals surface area contributed by atoms with Gasteiger partial charge in [0.15, 0.2) is 5.16 Å². The number of rotatable bonds is 4. The van der Waals surface area contributed by atoms with Gasteiger partial charge in [-0.25, -0.2) is 4.98 Å². The van der Waals surface area contributed by atoms with Crippen LogP contribution in [0.4, 0.5) is 5.69 Å². The number of thioether (sulfide) groups is 1. The van der Waals surface area contributed by atoms with Crippen LogP contribution in [0.1, 0.15) is 0 Å². The summed E-state index contributed by atoms with van der Waals surface area (Å²) >= 11 is 1.53. The number of nitro groups is 1. The monoisotopic (exact) mass is 311 g/mol. The molecule has 2 aromatic carbocycles. The molecule has 0 aliphatic heterocycles. The van der Waals surface area contributed by atoms with Crippen LogP contribution in [-0.4, -0.2) is 20.7 Å². The van der Waals surface area contributed by atoms with Gasteiger partial charge in [-0.3, -0.25) is 14.7 Å². The second kappa shape index (κ2) is 6.03. The smallest absolute Gasteiger partial charge is 0.270 e. The van der Waals surface area contributed by atoms with Gasteiger partial charge >= 0.3 is 0 Å². The molecule has 110 valence electrons. The number of para-hydroxylation sites is 1. The number of hydrogen-bond donors (Lipinski definition) is 0. The fourth-order valence-electron chi connectivity index (χ4n) is 2.29. The molecule has 1 aromatic heterocycles. The van der Waals surface area contributed by atoms with Crippen molar-refractivity contribution in [3.63, 3.8) is 0 Å². The van der Waals surface area contributed by atoms with Crippen LogP contribution >= 0.6 is 11.8 Å². The lowest BCUT2D eigenvalue weighted by Gasteiger charge is -2.11. The van der Waals surface area contributed by atoms with E-state index < -0.39 is 0 Å². The molecule has 22 heavy (non-hydrogen) atoms. The minimum absolute atomic E-state index is 0.0732. The van der Waals surface area contributed by atoms with Crippen molar-refractivity contribution in [2.45, 2.75) is 5.16 Å². The number of hydrogen-bond acceptors (Lipinski definition) is 4. The molecule has 6 heteroatoms. The van der Waals surface area contributed by atoms with Crippen LogP contribution in [-0.2, 0) is 0 Å². The Bertz CT molecular complexity index is 815. The van der Waals surface area contributed by atoms with Crippen molar-refractivity contribution in [2.75, 3.05) is 6.26 Å². The Kier molecular flexibility index (Phi) is 3.93. The SMILES string of the molecule is CSc1ncc(-c2cccc([N+](=O)[O-])c2)n1-c1ccccc1. The van der Waals surface area contributed by atoms with Crippen LogP contribution in [0.25, 0.3) is 16.9 Å². The van der Waals surface area contributed by atoms with Gasteiger partial charge in [0.1, 0.15) is 0 Å². The van der Waals surface area contributed by atoms with Crippen LogP contribution < -0.4 is 0 Å². The highest BCUT2D eigenvalue weighted by Gasteiger charge is 2.15. The van der Waals surface area contributed by atoms with E-state index in [1.54, 1.807) is 18.3 Å². The van der Waals surface area contributed by atoms with Crippen molar-refractivity contribution in [1.82, 2.24) is 9.55 Å². The highest BCUT2D eigenvalue weighted by atomic mass is 32.2. The number of benzene rings is 2. The molecule has 0 unspecified atom stereocenters. The Morgan fingerprint density at radius 1 is 1.14 bits per heavy atom. The zero-order valence-electron chi connectivity index (χ0n) is 11.8. The summed E-state index contributed by atoms with van der Waals surface area (Å²) in [7, 11) is 0. The van der Waals surface area contributed by atoms with Gasteiger partial charge in [0.2, 0.25) is 0 Å². The normalized spacial score (nSPS) is 10.6. The standard InChI is InChI=1S/C16H13N3O2S/c1-22-16-17-11-15(18(16)13-7-3-2-4-8-13)12-6-5-9-14(10-12)19(20)21/h2-11H,1H3. The van der Waals surface area contributed by atoms with Crippen molar-refractivity contribution >= 4 is 17.4 Å². The molecule has 5 nitrogen and oxygen atoms in total. The Morgan fingerprint density at radius 3 is 2.59 bits per heavy atom. The number of aromatic nitrogens is 2. The predicted molar refractivity (Wildman–Crippen MR) is 87.4 cm³/mol. The summed E-state index contributed by atoms with van der Waals surface area (Å²) in [5.41, 5.74) is 2.65. The summed E-state index contributed by atoms with van der Waals surface area (Å²) in [4.78, 5) is 15.0. The highest BCUT2D eigenvalue weighted by molar-refractivity contribution is 7.98. The summed E-state index contributed by atoms with van der Waals surface area (Å²) < 4.78 is 2.00. The van der Waals surface area contributed by atoms with E-state index in [-0.39, 0.29) is 10.6 Å². The summed E-state index contributed by atoms with van der Waals surface area (Å²) in [6.07, 6.45) is 3.71. The molecule has 0 radical (unpaired) electrons. The third-order valence-electron chi connectivity index (χ3n) is 3.28. The lowest BCUT2D eigenvalue weighted by molar-refractivity contribution is -0.384. The largest absolute Gasteiger partial charge is 0.287 e. The molecule has 3 aromatic rings. The predicted octanol–water partition coefficient (Wildman–Crippen LogP) is 4.17. The van der Waals surface area contributed by atoms with Crippen molar-refractivity contribution in [3.05, 3.63) is 70.9 Å².